The number of hydrogen-bond acceptors (Lipinski definition) is 3. The van der Waals surface area contributed by atoms with Gasteiger partial charge in [0.15, 0.2) is 0 Å². The molecule has 0 bridgehead atoms. The number of halogens is 1. The summed E-state index contributed by atoms with van der Waals surface area (Å²) >= 11 is 0. The number of amides is 1. The number of benzene rings is 1. The maximum absolute atomic E-state index is 13.9. The molecule has 0 aliphatic heterocycles. The minimum Gasteiger partial charge on any atom is -0.378 e. The number of rotatable bonds is 3. The first kappa shape index (κ1) is 13.8. The van der Waals surface area contributed by atoms with Crippen LogP contribution in [0.25, 0.3) is 0 Å². The molecule has 2 unspecified atom stereocenters. The summed E-state index contributed by atoms with van der Waals surface area (Å²) < 4.78 is 13.9. The van der Waals surface area contributed by atoms with Crippen molar-refractivity contribution in [1.29, 1.82) is 0 Å². The monoisotopic (exact) mass is 265 g/mol. The molecule has 5 heteroatoms. The average molecular weight is 265 g/mol. The Kier molecular flexibility index (Phi) is 4.37. The molecule has 1 amide bonds. The van der Waals surface area contributed by atoms with Crippen molar-refractivity contribution in [2.24, 2.45) is 11.5 Å². The summed E-state index contributed by atoms with van der Waals surface area (Å²) in [6.45, 7) is 0. The Bertz CT molecular complexity index is 464. The lowest BCUT2D eigenvalue weighted by molar-refractivity contribution is 0.1000. The summed E-state index contributed by atoms with van der Waals surface area (Å²) in [4.78, 5) is 11.0. The van der Waals surface area contributed by atoms with Crippen molar-refractivity contribution in [1.82, 2.24) is 0 Å². The van der Waals surface area contributed by atoms with Gasteiger partial charge in [0.05, 0.1) is 5.69 Å². The van der Waals surface area contributed by atoms with Crippen molar-refractivity contribution in [3.63, 3.8) is 0 Å². The summed E-state index contributed by atoms with van der Waals surface area (Å²) in [5.41, 5.74) is 11.8. The molecule has 19 heavy (non-hydrogen) atoms. The molecule has 1 fully saturated rings. The molecule has 0 heterocycles. The second-order valence-corrected chi connectivity index (χ2v) is 5.11. The Hall–Kier alpha value is -1.62. The zero-order valence-electron chi connectivity index (χ0n) is 10.9. The summed E-state index contributed by atoms with van der Waals surface area (Å²) in [5, 5.41) is 3.15. The molecule has 1 aromatic rings. The molecule has 1 aliphatic rings. The quantitative estimate of drug-likeness (QED) is 0.731. The fraction of sp³-hybridized carbons (Fsp3) is 0.500. The highest BCUT2D eigenvalue weighted by Gasteiger charge is 2.21. The molecule has 2 rings (SSSR count). The van der Waals surface area contributed by atoms with Gasteiger partial charge < -0.3 is 16.8 Å². The van der Waals surface area contributed by atoms with Gasteiger partial charge in [-0.25, -0.2) is 4.39 Å². The van der Waals surface area contributed by atoms with E-state index in [2.05, 4.69) is 5.32 Å². The van der Waals surface area contributed by atoms with Crippen LogP contribution in [-0.2, 0) is 0 Å². The molecule has 0 radical (unpaired) electrons. The number of nitrogens with one attached hydrogen (secondary N) is 1. The first-order valence-corrected chi connectivity index (χ1v) is 6.69. The van der Waals surface area contributed by atoms with Crippen molar-refractivity contribution < 1.29 is 9.18 Å². The van der Waals surface area contributed by atoms with Gasteiger partial charge in [0.1, 0.15) is 5.82 Å². The van der Waals surface area contributed by atoms with Gasteiger partial charge in [-0.2, -0.15) is 0 Å². The molecule has 2 atom stereocenters. The van der Waals surface area contributed by atoms with Gasteiger partial charge in [-0.3, -0.25) is 4.79 Å². The number of primary amides is 1. The molecule has 1 aromatic carbocycles. The second-order valence-electron chi connectivity index (χ2n) is 5.11. The molecule has 0 aromatic heterocycles. The van der Waals surface area contributed by atoms with E-state index in [1.807, 2.05) is 0 Å². The zero-order chi connectivity index (χ0) is 13.8. The van der Waals surface area contributed by atoms with E-state index in [1.165, 1.54) is 12.5 Å². The first-order chi connectivity index (χ1) is 9.08. The molecule has 1 aliphatic carbocycles. The van der Waals surface area contributed by atoms with Gasteiger partial charge in [0, 0.05) is 17.6 Å². The van der Waals surface area contributed by atoms with Crippen LogP contribution in [0, 0.1) is 5.82 Å². The predicted octanol–water partition coefficient (Wildman–Crippen LogP) is 2.00. The van der Waals surface area contributed by atoms with Crippen molar-refractivity contribution in [3.8, 4) is 0 Å². The van der Waals surface area contributed by atoms with Gasteiger partial charge in [0.25, 0.3) is 0 Å². The van der Waals surface area contributed by atoms with E-state index in [0.29, 0.717) is 5.69 Å². The lowest BCUT2D eigenvalue weighted by Crippen LogP contribution is -2.39. The molecule has 5 N–H and O–H groups in total. The van der Waals surface area contributed by atoms with E-state index in [0.717, 1.165) is 31.7 Å². The topological polar surface area (TPSA) is 81.1 Å². The van der Waals surface area contributed by atoms with E-state index >= 15 is 0 Å². The van der Waals surface area contributed by atoms with Crippen LogP contribution in [0.4, 0.5) is 10.1 Å². The average Bonchev–Trinajstić information content (AvgIpc) is 2.57. The molecule has 104 valence electrons. The number of anilines is 1. The van der Waals surface area contributed by atoms with Gasteiger partial charge in [0.2, 0.25) is 5.91 Å². The van der Waals surface area contributed by atoms with Crippen LogP contribution >= 0.6 is 0 Å². The summed E-state index contributed by atoms with van der Waals surface area (Å²) in [5.74, 6) is -1.09. The third-order valence-corrected chi connectivity index (χ3v) is 3.66. The maximum Gasteiger partial charge on any atom is 0.248 e. The van der Waals surface area contributed by atoms with Crippen LogP contribution in [0.1, 0.15) is 42.5 Å². The normalized spacial score (nSPS) is 23.7. The molecule has 0 saturated heterocycles. The fourth-order valence-electron chi connectivity index (χ4n) is 2.50. The number of hydrogen-bond donors (Lipinski definition) is 3. The highest BCUT2D eigenvalue weighted by atomic mass is 19.1. The largest absolute Gasteiger partial charge is 0.378 e. The van der Waals surface area contributed by atoms with Crippen molar-refractivity contribution >= 4 is 11.6 Å². The van der Waals surface area contributed by atoms with Crippen LogP contribution < -0.4 is 16.8 Å². The summed E-state index contributed by atoms with van der Waals surface area (Å²) in [6, 6.07) is 4.35. The van der Waals surface area contributed by atoms with Gasteiger partial charge >= 0.3 is 0 Å². The van der Waals surface area contributed by atoms with E-state index in [1.54, 1.807) is 6.07 Å². The Morgan fingerprint density at radius 1 is 1.26 bits per heavy atom. The molecular weight excluding hydrogens is 245 g/mol. The predicted molar refractivity (Wildman–Crippen MR) is 73.4 cm³/mol. The summed E-state index contributed by atoms with van der Waals surface area (Å²) in [6.07, 6.45) is 5.31. The molecule has 1 saturated carbocycles. The van der Waals surface area contributed by atoms with Crippen molar-refractivity contribution in [2.45, 2.75) is 44.2 Å². The van der Waals surface area contributed by atoms with Crippen LogP contribution in [0.15, 0.2) is 18.2 Å². The highest BCUT2D eigenvalue weighted by molar-refractivity contribution is 5.93. The highest BCUT2D eigenvalue weighted by Crippen LogP contribution is 2.23. The maximum atomic E-state index is 13.9. The summed E-state index contributed by atoms with van der Waals surface area (Å²) in [7, 11) is 0. The van der Waals surface area contributed by atoms with E-state index in [4.69, 9.17) is 11.5 Å². The minimum atomic E-state index is -0.628. The SMILES string of the molecule is NC(=O)c1ccc(NC2CCCCCC2N)c(F)c1. The van der Waals surface area contributed by atoms with E-state index in [9.17, 15) is 9.18 Å². The van der Waals surface area contributed by atoms with Crippen LogP contribution in [0.3, 0.4) is 0 Å². The molecule has 0 spiro atoms. The number of carbonyl (C=O) groups is 1. The zero-order valence-corrected chi connectivity index (χ0v) is 10.9. The standard InChI is InChI=1S/C14H20FN3O/c15-10-8-9(14(17)19)6-7-12(10)18-13-5-3-1-2-4-11(13)16/h6-8,11,13,18H,1-5,16H2,(H2,17,19). The first-order valence-electron chi connectivity index (χ1n) is 6.69. The van der Waals surface area contributed by atoms with Crippen molar-refractivity contribution in [3.05, 3.63) is 29.6 Å². The van der Waals surface area contributed by atoms with Crippen LogP contribution in [0.2, 0.25) is 0 Å². The Morgan fingerprint density at radius 2 is 2.00 bits per heavy atom. The van der Waals surface area contributed by atoms with Gasteiger partial charge in [-0.1, -0.05) is 19.3 Å². The second kappa shape index (κ2) is 6.02. The molecule has 4 nitrogen and oxygen atoms in total. The Balaban J connectivity index is 2.11. The van der Waals surface area contributed by atoms with E-state index in [-0.39, 0.29) is 17.6 Å². The number of nitrogens with two attached hydrogens (primary N) is 2. The Morgan fingerprint density at radius 3 is 2.68 bits per heavy atom. The third-order valence-electron chi connectivity index (χ3n) is 3.66. The van der Waals surface area contributed by atoms with Crippen LogP contribution in [-0.4, -0.2) is 18.0 Å². The van der Waals surface area contributed by atoms with Gasteiger partial charge in [-0.05, 0) is 31.0 Å². The Labute approximate surface area is 112 Å². The fourth-order valence-corrected chi connectivity index (χ4v) is 2.50. The van der Waals surface area contributed by atoms with E-state index < -0.39 is 11.7 Å². The lowest BCUT2D eigenvalue weighted by Gasteiger charge is -2.24. The number of carbonyl (C=O) groups excluding carboxylic acids is 1. The van der Waals surface area contributed by atoms with Crippen molar-refractivity contribution in [2.75, 3.05) is 5.32 Å². The molecular formula is C14H20FN3O. The lowest BCUT2D eigenvalue weighted by atomic mass is 10.0. The third kappa shape index (κ3) is 3.44. The smallest absolute Gasteiger partial charge is 0.248 e. The van der Waals surface area contributed by atoms with Crippen LogP contribution in [0.5, 0.6) is 0 Å². The minimum absolute atomic E-state index is 0.0396. The van der Waals surface area contributed by atoms with Gasteiger partial charge in [-0.15, -0.1) is 0 Å².